The van der Waals surface area contributed by atoms with Crippen LogP contribution in [0.15, 0.2) is 48.7 Å². The van der Waals surface area contributed by atoms with E-state index in [1.54, 1.807) is 30.3 Å². The normalized spacial score (nSPS) is 11.3. The fourth-order valence-electron chi connectivity index (χ4n) is 2.60. The lowest BCUT2D eigenvalue weighted by Crippen LogP contribution is -2.00. The van der Waals surface area contributed by atoms with E-state index in [4.69, 9.17) is 4.74 Å². The van der Waals surface area contributed by atoms with E-state index in [1.807, 2.05) is 30.7 Å². The van der Waals surface area contributed by atoms with E-state index in [0.29, 0.717) is 17.9 Å². The highest BCUT2D eigenvalue weighted by molar-refractivity contribution is 5.84. The van der Waals surface area contributed by atoms with Gasteiger partial charge in [0.15, 0.2) is 0 Å². The zero-order valence-electron chi connectivity index (χ0n) is 12.6. The van der Waals surface area contributed by atoms with Gasteiger partial charge in [-0.25, -0.2) is 4.39 Å². The summed E-state index contributed by atoms with van der Waals surface area (Å²) in [5, 5.41) is 10.3. The van der Waals surface area contributed by atoms with Gasteiger partial charge in [-0.3, -0.25) is 0 Å². The van der Waals surface area contributed by atoms with Crippen LogP contribution in [0.2, 0.25) is 0 Å². The van der Waals surface area contributed by atoms with Crippen LogP contribution in [0.4, 0.5) is 4.39 Å². The van der Waals surface area contributed by atoms with E-state index in [1.165, 1.54) is 6.07 Å². The van der Waals surface area contributed by atoms with Crippen LogP contribution in [0, 0.1) is 5.82 Å². The zero-order valence-corrected chi connectivity index (χ0v) is 12.6. The second-order valence-corrected chi connectivity index (χ2v) is 5.58. The molecule has 0 saturated heterocycles. The molecule has 4 heteroatoms. The van der Waals surface area contributed by atoms with Crippen molar-refractivity contribution >= 4 is 10.9 Å². The first-order valence-corrected chi connectivity index (χ1v) is 7.26. The van der Waals surface area contributed by atoms with Crippen molar-refractivity contribution in [2.45, 2.75) is 26.5 Å². The van der Waals surface area contributed by atoms with Crippen LogP contribution >= 0.6 is 0 Å². The average Bonchev–Trinajstić information content (AvgIpc) is 2.86. The SMILES string of the molecule is CC(C)n1cc(COc2cccc(O)c2)c2cccc(F)c21. The minimum absolute atomic E-state index is 0.160. The van der Waals surface area contributed by atoms with Crippen molar-refractivity contribution in [3.63, 3.8) is 0 Å². The average molecular weight is 299 g/mol. The van der Waals surface area contributed by atoms with Gasteiger partial charge in [0.1, 0.15) is 23.9 Å². The van der Waals surface area contributed by atoms with Gasteiger partial charge in [-0.1, -0.05) is 18.2 Å². The Labute approximate surface area is 128 Å². The second kappa shape index (κ2) is 5.72. The molecule has 0 aliphatic rings. The molecule has 0 atom stereocenters. The van der Waals surface area contributed by atoms with Crippen LogP contribution in [0.5, 0.6) is 11.5 Å². The van der Waals surface area contributed by atoms with Crippen molar-refractivity contribution in [2.24, 2.45) is 0 Å². The molecule has 3 rings (SSSR count). The summed E-state index contributed by atoms with van der Waals surface area (Å²) in [5.74, 6) is 0.518. The number of hydrogen-bond donors (Lipinski definition) is 1. The summed E-state index contributed by atoms with van der Waals surface area (Å²) in [6, 6.07) is 11.9. The minimum atomic E-state index is -0.227. The van der Waals surface area contributed by atoms with Crippen LogP contribution in [0.1, 0.15) is 25.5 Å². The van der Waals surface area contributed by atoms with Crippen LogP contribution in [0.25, 0.3) is 10.9 Å². The first kappa shape index (κ1) is 14.4. The molecule has 0 unspecified atom stereocenters. The van der Waals surface area contributed by atoms with Crippen molar-refractivity contribution in [1.82, 2.24) is 4.57 Å². The molecule has 3 nitrogen and oxygen atoms in total. The topological polar surface area (TPSA) is 34.4 Å². The molecule has 0 aliphatic carbocycles. The quantitative estimate of drug-likeness (QED) is 0.761. The van der Waals surface area contributed by atoms with Crippen LogP contribution in [-0.2, 0) is 6.61 Å². The van der Waals surface area contributed by atoms with E-state index in [-0.39, 0.29) is 17.6 Å². The maximum Gasteiger partial charge on any atom is 0.147 e. The van der Waals surface area contributed by atoms with E-state index < -0.39 is 0 Å². The number of rotatable bonds is 4. The number of halogens is 1. The summed E-state index contributed by atoms with van der Waals surface area (Å²) in [6.07, 6.45) is 1.93. The zero-order chi connectivity index (χ0) is 15.7. The van der Waals surface area contributed by atoms with Gasteiger partial charge in [0.2, 0.25) is 0 Å². The largest absolute Gasteiger partial charge is 0.508 e. The van der Waals surface area contributed by atoms with Gasteiger partial charge in [0.05, 0.1) is 5.52 Å². The molecule has 0 saturated carbocycles. The predicted molar refractivity (Wildman–Crippen MR) is 84.7 cm³/mol. The van der Waals surface area contributed by atoms with Gasteiger partial charge >= 0.3 is 0 Å². The molecular weight excluding hydrogens is 281 g/mol. The smallest absolute Gasteiger partial charge is 0.147 e. The highest BCUT2D eigenvalue weighted by Crippen LogP contribution is 2.28. The number of phenols is 1. The van der Waals surface area contributed by atoms with Crippen LogP contribution in [0.3, 0.4) is 0 Å². The summed E-state index contributed by atoms with van der Waals surface area (Å²) >= 11 is 0. The summed E-state index contributed by atoms with van der Waals surface area (Å²) in [6.45, 7) is 4.36. The first-order valence-electron chi connectivity index (χ1n) is 7.26. The van der Waals surface area contributed by atoms with E-state index in [2.05, 4.69) is 0 Å². The lowest BCUT2D eigenvalue weighted by Gasteiger charge is -2.09. The number of aromatic nitrogens is 1. The second-order valence-electron chi connectivity index (χ2n) is 5.58. The molecule has 0 bridgehead atoms. The maximum absolute atomic E-state index is 14.1. The molecule has 0 aliphatic heterocycles. The number of phenolic OH excluding ortho intramolecular Hbond substituents is 1. The Bertz CT molecular complexity index is 808. The van der Waals surface area contributed by atoms with Crippen molar-refractivity contribution in [2.75, 3.05) is 0 Å². The molecule has 1 aromatic heterocycles. The van der Waals surface area contributed by atoms with E-state index >= 15 is 0 Å². The van der Waals surface area contributed by atoms with Gasteiger partial charge in [-0.05, 0) is 32.0 Å². The third kappa shape index (κ3) is 2.64. The number of para-hydroxylation sites is 1. The molecule has 114 valence electrons. The highest BCUT2D eigenvalue weighted by atomic mass is 19.1. The Morgan fingerprint density at radius 1 is 1.18 bits per heavy atom. The Balaban J connectivity index is 1.96. The van der Waals surface area contributed by atoms with Gasteiger partial charge in [0, 0.05) is 29.3 Å². The van der Waals surface area contributed by atoms with Crippen molar-refractivity contribution < 1.29 is 14.2 Å². The van der Waals surface area contributed by atoms with Gasteiger partial charge in [0.25, 0.3) is 0 Å². The molecule has 0 amide bonds. The van der Waals surface area contributed by atoms with E-state index in [9.17, 15) is 9.50 Å². The van der Waals surface area contributed by atoms with E-state index in [0.717, 1.165) is 10.9 Å². The Morgan fingerprint density at radius 3 is 2.68 bits per heavy atom. The maximum atomic E-state index is 14.1. The monoisotopic (exact) mass is 299 g/mol. The highest BCUT2D eigenvalue weighted by Gasteiger charge is 2.14. The van der Waals surface area contributed by atoms with Crippen LogP contribution < -0.4 is 4.74 Å². The fraction of sp³-hybridized carbons (Fsp3) is 0.222. The predicted octanol–water partition coefficient (Wildman–Crippen LogP) is 4.65. The number of nitrogens with zero attached hydrogens (tertiary/aromatic N) is 1. The number of benzene rings is 2. The molecule has 0 fully saturated rings. The summed E-state index contributed by atoms with van der Waals surface area (Å²) in [7, 11) is 0. The molecule has 3 aromatic rings. The number of aromatic hydroxyl groups is 1. The lowest BCUT2D eigenvalue weighted by molar-refractivity contribution is 0.305. The van der Waals surface area contributed by atoms with Gasteiger partial charge < -0.3 is 14.4 Å². The Morgan fingerprint density at radius 2 is 1.95 bits per heavy atom. The summed E-state index contributed by atoms with van der Waals surface area (Å²) in [5.41, 5.74) is 1.53. The third-order valence-corrected chi connectivity index (χ3v) is 3.65. The Kier molecular flexibility index (Phi) is 3.75. The standard InChI is InChI=1S/C18H18FNO2/c1-12(2)20-10-13(16-7-4-8-17(19)18(16)20)11-22-15-6-3-5-14(21)9-15/h3-10,12,21H,11H2,1-2H3. The molecular formula is C18H18FNO2. The number of ether oxygens (including phenoxy) is 1. The fourth-order valence-corrected chi connectivity index (χ4v) is 2.60. The molecule has 1 heterocycles. The summed E-state index contributed by atoms with van der Waals surface area (Å²) < 4.78 is 21.8. The van der Waals surface area contributed by atoms with Crippen molar-refractivity contribution in [3.05, 3.63) is 60.0 Å². The molecule has 0 spiro atoms. The third-order valence-electron chi connectivity index (χ3n) is 3.65. The van der Waals surface area contributed by atoms with Gasteiger partial charge in [-0.2, -0.15) is 0 Å². The molecule has 2 aromatic carbocycles. The molecule has 0 radical (unpaired) electrons. The van der Waals surface area contributed by atoms with Gasteiger partial charge in [-0.15, -0.1) is 0 Å². The number of hydrogen-bond acceptors (Lipinski definition) is 2. The minimum Gasteiger partial charge on any atom is -0.508 e. The lowest BCUT2D eigenvalue weighted by atomic mass is 10.2. The number of fused-ring (bicyclic) bond motifs is 1. The Hall–Kier alpha value is -2.49. The summed E-state index contributed by atoms with van der Waals surface area (Å²) in [4.78, 5) is 0. The van der Waals surface area contributed by atoms with Crippen molar-refractivity contribution in [3.8, 4) is 11.5 Å². The molecule has 22 heavy (non-hydrogen) atoms. The first-order chi connectivity index (χ1) is 10.6. The van der Waals surface area contributed by atoms with Crippen molar-refractivity contribution in [1.29, 1.82) is 0 Å². The van der Waals surface area contributed by atoms with Crippen LogP contribution in [-0.4, -0.2) is 9.67 Å². The molecule has 1 N–H and O–H groups in total.